The number of rotatable bonds is 3. The molecular weight excluding hydrogens is 331 g/mol. The lowest BCUT2D eigenvalue weighted by Gasteiger charge is -2.09. The Morgan fingerprint density at radius 1 is 0.778 bits per heavy atom. The van der Waals surface area contributed by atoms with Gasteiger partial charge >= 0.3 is 0 Å². The maximum atomic E-state index is 2.44. The maximum Gasteiger partial charge on any atom is 0.0165 e. The third kappa shape index (κ3) is 3.35. The van der Waals surface area contributed by atoms with E-state index in [4.69, 9.17) is 0 Å². The molecule has 0 radical (unpaired) electrons. The minimum absolute atomic E-state index is 1.13. The average Bonchev–Trinajstić information content (AvgIpc) is 2.30. The van der Waals surface area contributed by atoms with Gasteiger partial charge < -0.3 is 0 Å². The lowest BCUT2D eigenvalue weighted by Crippen LogP contribution is -1.97. The van der Waals surface area contributed by atoms with E-state index in [0.717, 1.165) is 12.8 Å². The zero-order valence-corrected chi connectivity index (χ0v) is 13.4. The normalized spacial score (nSPS) is 10.7. The van der Waals surface area contributed by atoms with E-state index in [1.54, 1.807) is 0 Å². The van der Waals surface area contributed by atoms with Crippen molar-refractivity contribution in [2.24, 2.45) is 0 Å². The van der Waals surface area contributed by atoms with Gasteiger partial charge in [-0.15, -0.1) is 0 Å². The van der Waals surface area contributed by atoms with Gasteiger partial charge in [-0.2, -0.15) is 0 Å². The van der Waals surface area contributed by atoms with Crippen LogP contribution in [0.5, 0.6) is 0 Å². The van der Waals surface area contributed by atoms with E-state index in [-0.39, 0.29) is 0 Å². The summed E-state index contributed by atoms with van der Waals surface area (Å²) in [5.41, 5.74) is 7.03. The van der Waals surface area contributed by atoms with Gasteiger partial charge in [0.05, 0.1) is 0 Å². The second-order valence-corrected chi connectivity index (χ2v) is 6.19. The SMILES string of the molecule is Cc1ccc(CCc2ccc(C)cc2I)c(C)c1. The van der Waals surface area contributed by atoms with Crippen LogP contribution >= 0.6 is 22.6 Å². The topological polar surface area (TPSA) is 0 Å². The number of benzene rings is 2. The van der Waals surface area contributed by atoms with Gasteiger partial charge in [0.2, 0.25) is 0 Å². The number of hydrogen-bond acceptors (Lipinski definition) is 0. The summed E-state index contributed by atoms with van der Waals surface area (Å²) in [4.78, 5) is 0. The molecule has 0 aliphatic carbocycles. The van der Waals surface area contributed by atoms with Gasteiger partial charge in [-0.05, 0) is 79.0 Å². The first-order valence-corrected chi connectivity index (χ1v) is 7.45. The van der Waals surface area contributed by atoms with Crippen LogP contribution in [0, 0.1) is 24.3 Å². The summed E-state index contributed by atoms with van der Waals surface area (Å²) < 4.78 is 1.39. The van der Waals surface area contributed by atoms with Gasteiger partial charge in [-0.3, -0.25) is 0 Å². The summed E-state index contributed by atoms with van der Waals surface area (Å²) in [7, 11) is 0. The highest BCUT2D eigenvalue weighted by Gasteiger charge is 2.03. The first-order valence-electron chi connectivity index (χ1n) is 6.37. The molecule has 0 aliphatic heterocycles. The first kappa shape index (κ1) is 13.6. The van der Waals surface area contributed by atoms with Crippen molar-refractivity contribution in [2.45, 2.75) is 33.6 Å². The van der Waals surface area contributed by atoms with Gasteiger partial charge in [0.25, 0.3) is 0 Å². The van der Waals surface area contributed by atoms with Crippen molar-refractivity contribution in [2.75, 3.05) is 0 Å². The lowest BCUT2D eigenvalue weighted by molar-refractivity contribution is 0.941. The Bertz CT molecular complexity index is 504. The molecule has 0 heterocycles. The highest BCUT2D eigenvalue weighted by Crippen LogP contribution is 2.18. The van der Waals surface area contributed by atoms with E-state index in [1.165, 1.54) is 31.4 Å². The fourth-order valence-corrected chi connectivity index (χ4v) is 3.19. The minimum atomic E-state index is 1.13. The van der Waals surface area contributed by atoms with E-state index in [9.17, 15) is 0 Å². The largest absolute Gasteiger partial charge is 0.0590 e. The van der Waals surface area contributed by atoms with Crippen molar-refractivity contribution >= 4 is 22.6 Å². The Kier molecular flexibility index (Phi) is 4.44. The quantitative estimate of drug-likeness (QED) is 0.684. The molecule has 1 heteroatoms. The van der Waals surface area contributed by atoms with Crippen molar-refractivity contribution in [1.82, 2.24) is 0 Å². The molecule has 0 aromatic heterocycles. The van der Waals surface area contributed by atoms with E-state index in [0.29, 0.717) is 0 Å². The summed E-state index contributed by atoms with van der Waals surface area (Å²) in [6.45, 7) is 6.51. The average molecular weight is 350 g/mol. The van der Waals surface area contributed by atoms with E-state index >= 15 is 0 Å². The van der Waals surface area contributed by atoms with Crippen LogP contribution < -0.4 is 0 Å². The molecule has 0 bridgehead atoms. The third-order valence-electron chi connectivity index (χ3n) is 3.37. The molecule has 0 spiro atoms. The van der Waals surface area contributed by atoms with Crippen molar-refractivity contribution in [3.8, 4) is 0 Å². The zero-order chi connectivity index (χ0) is 13.1. The Morgan fingerprint density at radius 3 is 1.94 bits per heavy atom. The van der Waals surface area contributed by atoms with Crippen LogP contribution in [0.15, 0.2) is 36.4 Å². The lowest BCUT2D eigenvalue weighted by atomic mass is 9.99. The molecule has 0 unspecified atom stereocenters. The second kappa shape index (κ2) is 5.87. The molecule has 0 amide bonds. The van der Waals surface area contributed by atoms with Crippen LogP contribution in [-0.2, 0) is 12.8 Å². The molecule has 2 aromatic carbocycles. The monoisotopic (exact) mass is 350 g/mol. The molecular formula is C17H19I. The number of hydrogen-bond donors (Lipinski definition) is 0. The smallest absolute Gasteiger partial charge is 0.0165 e. The predicted molar refractivity (Wildman–Crippen MR) is 87.2 cm³/mol. The highest BCUT2D eigenvalue weighted by atomic mass is 127. The summed E-state index contributed by atoms with van der Waals surface area (Å²) >= 11 is 2.44. The van der Waals surface area contributed by atoms with Gasteiger partial charge in [-0.25, -0.2) is 0 Å². The first-order chi connectivity index (χ1) is 8.56. The van der Waals surface area contributed by atoms with E-state index in [1.807, 2.05) is 0 Å². The van der Waals surface area contributed by atoms with E-state index in [2.05, 4.69) is 79.8 Å². The molecule has 0 saturated carbocycles. The fraction of sp³-hybridized carbons (Fsp3) is 0.294. The van der Waals surface area contributed by atoms with Crippen LogP contribution in [0.2, 0.25) is 0 Å². The molecule has 2 aromatic rings. The fourth-order valence-electron chi connectivity index (χ4n) is 2.25. The number of halogens is 1. The molecule has 0 N–H and O–H groups in total. The number of aryl methyl sites for hydroxylation is 5. The standard InChI is InChI=1S/C17H19I/c1-12-4-6-15(14(3)10-12)8-9-16-7-5-13(2)11-17(16)18/h4-7,10-11H,8-9H2,1-3H3. The zero-order valence-electron chi connectivity index (χ0n) is 11.3. The maximum absolute atomic E-state index is 2.44. The van der Waals surface area contributed by atoms with Gasteiger partial charge in [0.1, 0.15) is 0 Å². The van der Waals surface area contributed by atoms with Crippen LogP contribution in [0.25, 0.3) is 0 Å². The molecule has 94 valence electrons. The van der Waals surface area contributed by atoms with Crippen molar-refractivity contribution in [1.29, 1.82) is 0 Å². The molecule has 0 atom stereocenters. The predicted octanol–water partition coefficient (Wildman–Crippen LogP) is 5.00. The van der Waals surface area contributed by atoms with Gasteiger partial charge in [0, 0.05) is 3.57 Å². The summed E-state index contributed by atoms with van der Waals surface area (Å²) in [6.07, 6.45) is 2.26. The van der Waals surface area contributed by atoms with Crippen molar-refractivity contribution in [3.05, 3.63) is 67.8 Å². The van der Waals surface area contributed by atoms with Crippen molar-refractivity contribution in [3.63, 3.8) is 0 Å². The summed E-state index contributed by atoms with van der Waals surface area (Å²) in [5.74, 6) is 0. The minimum Gasteiger partial charge on any atom is -0.0590 e. The van der Waals surface area contributed by atoms with Crippen LogP contribution in [0.3, 0.4) is 0 Å². The molecule has 0 saturated heterocycles. The molecule has 0 nitrogen and oxygen atoms in total. The van der Waals surface area contributed by atoms with Crippen LogP contribution in [-0.4, -0.2) is 0 Å². The van der Waals surface area contributed by atoms with Crippen LogP contribution in [0.4, 0.5) is 0 Å². The molecule has 2 rings (SSSR count). The summed E-state index contributed by atoms with van der Waals surface area (Å²) in [6, 6.07) is 13.5. The third-order valence-corrected chi connectivity index (χ3v) is 4.37. The van der Waals surface area contributed by atoms with Gasteiger partial charge in [-0.1, -0.05) is 41.5 Å². The Hall–Kier alpha value is -0.830. The van der Waals surface area contributed by atoms with Crippen molar-refractivity contribution < 1.29 is 0 Å². The van der Waals surface area contributed by atoms with Crippen LogP contribution in [0.1, 0.15) is 27.8 Å². The highest BCUT2D eigenvalue weighted by molar-refractivity contribution is 14.1. The van der Waals surface area contributed by atoms with E-state index < -0.39 is 0 Å². The summed E-state index contributed by atoms with van der Waals surface area (Å²) in [5, 5.41) is 0. The Labute approximate surface area is 124 Å². The second-order valence-electron chi connectivity index (χ2n) is 5.02. The van der Waals surface area contributed by atoms with Gasteiger partial charge in [0.15, 0.2) is 0 Å². The molecule has 0 fully saturated rings. The Morgan fingerprint density at radius 2 is 1.33 bits per heavy atom. The molecule has 0 aliphatic rings. The Balaban J connectivity index is 2.11. The molecule has 18 heavy (non-hydrogen) atoms.